The molecular weight excluding hydrogens is 332 g/mol. The molecule has 1 amide bonds. The van der Waals surface area contributed by atoms with Crippen LogP contribution < -0.4 is 10.5 Å². The molecule has 0 atom stereocenters. The van der Waals surface area contributed by atoms with E-state index in [0.717, 1.165) is 6.07 Å². The maximum absolute atomic E-state index is 12.5. The molecule has 0 saturated heterocycles. The van der Waals surface area contributed by atoms with E-state index in [1.165, 1.54) is 19.3 Å². The quantitative estimate of drug-likeness (QED) is 0.567. The van der Waals surface area contributed by atoms with Crippen LogP contribution in [0.2, 0.25) is 0 Å². The molecule has 0 unspecified atom stereocenters. The summed E-state index contributed by atoms with van der Waals surface area (Å²) in [6.07, 6.45) is 1.51. The number of nitrogens with zero attached hydrogens (tertiary/aromatic N) is 1. The average Bonchev–Trinajstić information content (AvgIpc) is 2.96. The predicted molar refractivity (Wildman–Crippen MR) is 88.3 cm³/mol. The first-order chi connectivity index (χ1) is 11.3. The summed E-state index contributed by atoms with van der Waals surface area (Å²) in [5.41, 5.74) is 6.87. The van der Waals surface area contributed by atoms with Crippen molar-refractivity contribution in [2.75, 3.05) is 4.72 Å². The number of carbonyl (C=O) groups excluding carboxylic acids is 1. The van der Waals surface area contributed by atoms with Gasteiger partial charge in [-0.2, -0.15) is 0 Å². The number of carbonyl (C=O) groups is 1. The van der Waals surface area contributed by atoms with Crippen LogP contribution in [0, 0.1) is 6.92 Å². The Morgan fingerprint density at radius 3 is 2.75 bits per heavy atom. The molecule has 0 saturated carbocycles. The Morgan fingerprint density at radius 1 is 1.29 bits per heavy atom. The van der Waals surface area contributed by atoms with E-state index in [2.05, 4.69) is 14.7 Å². The van der Waals surface area contributed by atoms with Gasteiger partial charge >= 0.3 is 0 Å². The summed E-state index contributed by atoms with van der Waals surface area (Å²) in [6.45, 7) is 1.48. The van der Waals surface area contributed by atoms with Crippen LogP contribution in [-0.2, 0) is 10.0 Å². The van der Waals surface area contributed by atoms with Crippen LogP contribution in [-0.4, -0.2) is 29.4 Å². The van der Waals surface area contributed by atoms with Crippen molar-refractivity contribution in [3.63, 3.8) is 0 Å². The molecule has 0 radical (unpaired) electrons. The fourth-order valence-corrected chi connectivity index (χ4v) is 3.46. The van der Waals surface area contributed by atoms with Crippen LogP contribution in [0.1, 0.15) is 15.9 Å². The number of aromatic amines is 1. The summed E-state index contributed by atoms with van der Waals surface area (Å²) in [4.78, 5) is 18.1. The van der Waals surface area contributed by atoms with E-state index < -0.39 is 15.9 Å². The molecule has 0 aliphatic carbocycles. The fourth-order valence-electron chi connectivity index (χ4n) is 2.30. The molecule has 8 nitrogen and oxygen atoms in total. The van der Waals surface area contributed by atoms with E-state index >= 15 is 0 Å². The lowest BCUT2D eigenvalue weighted by Gasteiger charge is -2.11. The van der Waals surface area contributed by atoms with E-state index in [9.17, 15) is 18.3 Å². The molecule has 1 heterocycles. The Hall–Kier alpha value is -3.07. The molecule has 0 aliphatic rings. The number of amides is 1. The third-order valence-corrected chi connectivity index (χ3v) is 4.88. The van der Waals surface area contributed by atoms with E-state index in [1.807, 2.05) is 0 Å². The summed E-state index contributed by atoms with van der Waals surface area (Å²) in [5, 5.41) is 9.82. The van der Waals surface area contributed by atoms with Crippen molar-refractivity contribution in [3.8, 4) is 5.75 Å². The first kappa shape index (κ1) is 15.8. The molecule has 124 valence electrons. The van der Waals surface area contributed by atoms with Gasteiger partial charge in [0.05, 0.1) is 33.5 Å². The van der Waals surface area contributed by atoms with E-state index in [0.29, 0.717) is 16.7 Å². The van der Waals surface area contributed by atoms with Crippen LogP contribution >= 0.6 is 0 Å². The molecule has 0 spiro atoms. The Kier molecular flexibility index (Phi) is 3.64. The molecular formula is C15H14N4O4S. The minimum Gasteiger partial charge on any atom is -0.507 e. The summed E-state index contributed by atoms with van der Waals surface area (Å²) in [7, 11) is -3.96. The third kappa shape index (κ3) is 2.76. The molecule has 0 aliphatic heterocycles. The van der Waals surface area contributed by atoms with Crippen LogP contribution in [0.5, 0.6) is 5.75 Å². The summed E-state index contributed by atoms with van der Waals surface area (Å²) in [6, 6.07) is 7.15. The van der Waals surface area contributed by atoms with Crippen molar-refractivity contribution in [2.24, 2.45) is 5.73 Å². The molecule has 1 aromatic heterocycles. The second kappa shape index (κ2) is 5.53. The van der Waals surface area contributed by atoms with Gasteiger partial charge in [0.1, 0.15) is 5.75 Å². The number of nitrogens with one attached hydrogen (secondary N) is 2. The van der Waals surface area contributed by atoms with E-state index in [4.69, 9.17) is 5.73 Å². The van der Waals surface area contributed by atoms with Crippen molar-refractivity contribution in [3.05, 3.63) is 47.8 Å². The van der Waals surface area contributed by atoms with Crippen molar-refractivity contribution >= 4 is 32.7 Å². The standard InChI is InChI=1S/C15H14N4O4S/c1-8-4-10(6-11(14(8)20)15(16)21)24(22,23)19-9-2-3-12-13(5-9)18-7-17-12/h2-7,19-20H,1H3,(H2,16,21)(H,17,18). The monoisotopic (exact) mass is 346 g/mol. The molecule has 3 aromatic rings. The molecule has 0 fully saturated rings. The van der Waals surface area contributed by atoms with Gasteiger partial charge in [-0.3, -0.25) is 9.52 Å². The van der Waals surface area contributed by atoms with Crippen LogP contribution in [0.4, 0.5) is 5.69 Å². The normalized spacial score (nSPS) is 11.5. The number of phenols is 1. The van der Waals surface area contributed by atoms with Crippen LogP contribution in [0.25, 0.3) is 11.0 Å². The SMILES string of the molecule is Cc1cc(S(=O)(=O)Nc2ccc3nc[nH]c3c2)cc(C(N)=O)c1O. The maximum atomic E-state index is 12.5. The second-order valence-electron chi connectivity index (χ2n) is 5.24. The van der Waals surface area contributed by atoms with Gasteiger partial charge in [-0.25, -0.2) is 13.4 Å². The molecule has 24 heavy (non-hydrogen) atoms. The van der Waals surface area contributed by atoms with Crippen LogP contribution in [0.3, 0.4) is 0 Å². The Labute approximate surface area is 137 Å². The highest BCUT2D eigenvalue weighted by atomic mass is 32.2. The minimum absolute atomic E-state index is 0.170. The number of anilines is 1. The molecule has 0 bridgehead atoms. The topological polar surface area (TPSA) is 138 Å². The maximum Gasteiger partial charge on any atom is 0.261 e. The number of aromatic nitrogens is 2. The van der Waals surface area contributed by atoms with Gasteiger partial charge in [0.15, 0.2) is 0 Å². The third-order valence-electron chi connectivity index (χ3n) is 3.52. The lowest BCUT2D eigenvalue weighted by molar-refractivity contribution is 0.0997. The van der Waals surface area contributed by atoms with Crippen molar-refractivity contribution in [1.29, 1.82) is 0 Å². The van der Waals surface area contributed by atoms with Gasteiger partial charge in [-0.1, -0.05) is 0 Å². The number of H-pyrrole nitrogens is 1. The van der Waals surface area contributed by atoms with Gasteiger partial charge in [0, 0.05) is 0 Å². The number of benzene rings is 2. The Bertz CT molecular complexity index is 1060. The highest BCUT2D eigenvalue weighted by molar-refractivity contribution is 7.92. The van der Waals surface area contributed by atoms with E-state index in [1.54, 1.807) is 18.2 Å². The molecule has 2 aromatic carbocycles. The molecule has 9 heteroatoms. The average molecular weight is 346 g/mol. The van der Waals surface area contributed by atoms with Crippen molar-refractivity contribution < 1.29 is 18.3 Å². The highest BCUT2D eigenvalue weighted by Gasteiger charge is 2.20. The second-order valence-corrected chi connectivity index (χ2v) is 6.92. The number of hydrogen-bond donors (Lipinski definition) is 4. The molecule has 3 rings (SSSR count). The largest absolute Gasteiger partial charge is 0.507 e. The Morgan fingerprint density at radius 2 is 2.04 bits per heavy atom. The zero-order valence-electron chi connectivity index (χ0n) is 12.6. The summed E-state index contributed by atoms with van der Waals surface area (Å²) < 4.78 is 27.5. The number of aryl methyl sites for hydroxylation is 1. The number of rotatable bonds is 4. The highest BCUT2D eigenvalue weighted by Crippen LogP contribution is 2.27. The first-order valence-corrected chi connectivity index (χ1v) is 8.35. The fraction of sp³-hybridized carbons (Fsp3) is 0.0667. The smallest absolute Gasteiger partial charge is 0.261 e. The number of nitrogens with two attached hydrogens (primary N) is 1. The number of aromatic hydroxyl groups is 1. The van der Waals surface area contributed by atoms with Crippen molar-refractivity contribution in [1.82, 2.24) is 9.97 Å². The predicted octanol–water partition coefficient (Wildman–Crippen LogP) is 1.48. The number of hydrogen-bond acceptors (Lipinski definition) is 5. The van der Waals surface area contributed by atoms with Gasteiger partial charge in [0.2, 0.25) is 0 Å². The summed E-state index contributed by atoms with van der Waals surface area (Å²) >= 11 is 0. The van der Waals surface area contributed by atoms with E-state index in [-0.39, 0.29) is 21.8 Å². The number of primary amides is 1. The zero-order valence-corrected chi connectivity index (χ0v) is 13.4. The zero-order chi connectivity index (χ0) is 17.5. The van der Waals surface area contributed by atoms with Gasteiger partial charge < -0.3 is 15.8 Å². The number of sulfonamides is 1. The van der Waals surface area contributed by atoms with Crippen molar-refractivity contribution in [2.45, 2.75) is 11.8 Å². The Balaban J connectivity index is 2.02. The number of fused-ring (bicyclic) bond motifs is 1. The van der Waals surface area contributed by atoms with Gasteiger partial charge in [-0.15, -0.1) is 0 Å². The van der Waals surface area contributed by atoms with Crippen LogP contribution in [0.15, 0.2) is 41.6 Å². The first-order valence-electron chi connectivity index (χ1n) is 6.87. The lowest BCUT2D eigenvalue weighted by atomic mass is 10.1. The minimum atomic E-state index is -3.96. The van der Waals surface area contributed by atoms with Gasteiger partial charge in [0.25, 0.3) is 15.9 Å². The number of imidazole rings is 1. The lowest BCUT2D eigenvalue weighted by Crippen LogP contribution is -2.16. The van der Waals surface area contributed by atoms with Gasteiger partial charge in [-0.05, 0) is 42.8 Å². The molecule has 5 N–H and O–H groups in total. The summed E-state index contributed by atoms with van der Waals surface area (Å²) in [5.74, 6) is -1.24.